The first-order valence-corrected chi connectivity index (χ1v) is 13.9. The molecule has 2 aromatic carbocycles. The van der Waals surface area contributed by atoms with Crippen LogP contribution in [0.15, 0.2) is 60.7 Å². The highest BCUT2D eigenvalue weighted by atomic mass is 16.7. The lowest BCUT2D eigenvalue weighted by molar-refractivity contribution is -0.162. The van der Waals surface area contributed by atoms with Gasteiger partial charge in [-0.2, -0.15) is 0 Å². The smallest absolute Gasteiger partial charge is 0.429 e. The van der Waals surface area contributed by atoms with Crippen LogP contribution in [-0.4, -0.2) is 107 Å². The monoisotopic (exact) mass is 610 g/mol. The minimum absolute atomic E-state index is 0.0155. The van der Waals surface area contributed by atoms with Crippen LogP contribution in [0.5, 0.6) is 0 Å². The molecule has 234 valence electrons. The average molecular weight is 611 g/mol. The molecule has 2 aliphatic rings. The second-order valence-corrected chi connectivity index (χ2v) is 10.3. The minimum atomic E-state index is -1.01. The number of imide groups is 2. The van der Waals surface area contributed by atoms with Crippen LogP contribution >= 0.6 is 0 Å². The second kappa shape index (κ2) is 15.1. The van der Waals surface area contributed by atoms with Gasteiger partial charge in [-0.3, -0.25) is 29.0 Å². The van der Waals surface area contributed by atoms with E-state index in [4.69, 9.17) is 18.9 Å². The van der Waals surface area contributed by atoms with Gasteiger partial charge < -0.3 is 18.9 Å². The molecule has 14 heteroatoms. The number of ether oxygens (including phenoxy) is 4. The normalized spacial score (nSPS) is 17.7. The van der Waals surface area contributed by atoms with Crippen LogP contribution in [0.1, 0.15) is 25.0 Å². The van der Waals surface area contributed by atoms with Crippen molar-refractivity contribution in [3.05, 3.63) is 71.8 Å². The number of amides is 4. The number of hydrogen-bond donors (Lipinski definition) is 0. The first-order valence-electron chi connectivity index (χ1n) is 13.9. The van der Waals surface area contributed by atoms with E-state index in [0.29, 0.717) is 0 Å². The molecule has 2 fully saturated rings. The Kier molecular flexibility index (Phi) is 11.0. The van der Waals surface area contributed by atoms with Gasteiger partial charge in [0.15, 0.2) is 13.5 Å². The molecule has 4 amide bonds. The predicted molar refractivity (Wildman–Crippen MR) is 151 cm³/mol. The van der Waals surface area contributed by atoms with Crippen molar-refractivity contribution in [2.75, 3.05) is 39.6 Å². The Balaban J connectivity index is 1.20. The Morgan fingerprint density at radius 1 is 0.568 bits per heavy atom. The third-order valence-corrected chi connectivity index (χ3v) is 7.43. The number of rotatable bonds is 11. The molecule has 0 aromatic heterocycles. The summed E-state index contributed by atoms with van der Waals surface area (Å²) in [5.74, 6) is -2.26. The van der Waals surface area contributed by atoms with Gasteiger partial charge >= 0.3 is 12.3 Å². The summed E-state index contributed by atoms with van der Waals surface area (Å²) in [6.45, 7) is 1.83. The van der Waals surface area contributed by atoms with Crippen LogP contribution in [-0.2, 0) is 51.3 Å². The van der Waals surface area contributed by atoms with Crippen molar-refractivity contribution < 1.29 is 47.7 Å². The zero-order valence-corrected chi connectivity index (χ0v) is 24.5. The molecule has 2 aromatic rings. The lowest BCUT2D eigenvalue weighted by atomic mass is 10.1. The van der Waals surface area contributed by atoms with Gasteiger partial charge in [-0.15, -0.1) is 0 Å². The molecule has 0 aliphatic carbocycles. The fourth-order valence-corrected chi connectivity index (χ4v) is 4.65. The van der Waals surface area contributed by atoms with Crippen molar-refractivity contribution in [2.24, 2.45) is 0 Å². The van der Waals surface area contributed by atoms with Gasteiger partial charge in [0.2, 0.25) is 23.6 Å². The van der Waals surface area contributed by atoms with Crippen molar-refractivity contribution in [2.45, 2.75) is 39.1 Å². The Hall–Kier alpha value is -4.82. The third-order valence-electron chi connectivity index (χ3n) is 7.43. The average Bonchev–Trinajstić information content (AvgIpc) is 3.02. The zero-order valence-electron chi connectivity index (χ0n) is 24.5. The summed E-state index contributed by atoms with van der Waals surface area (Å²) < 4.78 is 19.9. The highest BCUT2D eigenvalue weighted by Gasteiger charge is 2.40. The maximum absolute atomic E-state index is 12.8. The molecule has 0 bridgehead atoms. The van der Waals surface area contributed by atoms with Crippen LogP contribution in [0, 0.1) is 0 Å². The summed E-state index contributed by atoms with van der Waals surface area (Å²) in [6, 6.07) is 17.1. The van der Waals surface area contributed by atoms with Crippen molar-refractivity contribution in [3.8, 4) is 0 Å². The van der Waals surface area contributed by atoms with Crippen molar-refractivity contribution in [3.63, 3.8) is 0 Å². The van der Waals surface area contributed by atoms with E-state index in [0.717, 1.165) is 20.9 Å². The summed E-state index contributed by atoms with van der Waals surface area (Å²) in [7, 11) is 0. The van der Waals surface area contributed by atoms with Crippen molar-refractivity contribution in [1.82, 2.24) is 19.6 Å². The van der Waals surface area contributed by atoms with Crippen LogP contribution in [0.2, 0.25) is 0 Å². The molecule has 2 heterocycles. The zero-order chi connectivity index (χ0) is 31.6. The molecule has 44 heavy (non-hydrogen) atoms. The Morgan fingerprint density at radius 2 is 0.886 bits per heavy atom. The molecule has 0 N–H and O–H groups in total. The molecule has 0 unspecified atom stereocenters. The number of nitrogens with zero attached hydrogens (tertiary/aromatic N) is 4. The van der Waals surface area contributed by atoms with Gasteiger partial charge in [-0.25, -0.2) is 19.4 Å². The largest absolute Gasteiger partial charge is 0.510 e. The van der Waals surface area contributed by atoms with Gasteiger partial charge in [0, 0.05) is 12.1 Å². The van der Waals surface area contributed by atoms with E-state index in [9.17, 15) is 28.8 Å². The van der Waals surface area contributed by atoms with E-state index in [1.165, 1.54) is 0 Å². The minimum Gasteiger partial charge on any atom is -0.429 e. The Morgan fingerprint density at radius 3 is 1.20 bits per heavy atom. The summed E-state index contributed by atoms with van der Waals surface area (Å²) >= 11 is 0. The molecule has 2 saturated heterocycles. The van der Waals surface area contributed by atoms with Crippen LogP contribution in [0.4, 0.5) is 9.59 Å². The van der Waals surface area contributed by atoms with Crippen LogP contribution < -0.4 is 0 Å². The summed E-state index contributed by atoms with van der Waals surface area (Å²) in [4.78, 5) is 79.9. The van der Waals surface area contributed by atoms with Gasteiger partial charge in [-0.1, -0.05) is 60.7 Å². The summed E-state index contributed by atoms with van der Waals surface area (Å²) in [5, 5.41) is 0. The summed E-state index contributed by atoms with van der Waals surface area (Å²) in [6.07, 6.45) is -2.02. The van der Waals surface area contributed by atoms with E-state index in [1.54, 1.807) is 72.2 Å². The van der Waals surface area contributed by atoms with Crippen LogP contribution in [0.3, 0.4) is 0 Å². The van der Waals surface area contributed by atoms with Gasteiger partial charge in [0.05, 0.1) is 26.2 Å². The molecule has 2 atom stereocenters. The van der Waals surface area contributed by atoms with Crippen molar-refractivity contribution in [1.29, 1.82) is 0 Å². The SMILES string of the molecule is C[C@H]([C@H](C)N1CC(=O)N(COC(=O)OCc2ccccc2)C(=O)C1)N1CC(=O)N(COC(=O)OCc2ccccc2)C(=O)C1. The number of hydrogen-bond acceptors (Lipinski definition) is 12. The van der Waals surface area contributed by atoms with E-state index in [1.807, 2.05) is 12.1 Å². The highest BCUT2D eigenvalue weighted by Crippen LogP contribution is 2.18. The first-order chi connectivity index (χ1) is 21.1. The Bertz CT molecular complexity index is 1220. The molecular formula is C30H34N4O10. The number of carbonyl (C=O) groups is 6. The predicted octanol–water partition coefficient (Wildman–Crippen LogP) is 1.73. The molecular weight excluding hydrogens is 576 g/mol. The number of carbonyl (C=O) groups excluding carboxylic acids is 6. The molecule has 0 saturated carbocycles. The topological polar surface area (TPSA) is 152 Å². The standard InChI is InChI=1S/C30H34N4O10/c1-21(31-13-25(35)33(26(36)14-31)19-43-29(39)41-17-23-9-5-3-6-10-23)22(2)32-15-27(37)34(28(38)16-32)20-44-30(40)42-18-24-11-7-4-8-12-24/h3-12,21-22H,13-20H2,1-2H3/t21-,22+. The Labute approximate surface area is 254 Å². The third kappa shape index (κ3) is 8.61. The van der Waals surface area contributed by atoms with E-state index in [-0.39, 0.29) is 39.4 Å². The van der Waals surface area contributed by atoms with E-state index >= 15 is 0 Å². The lowest BCUT2D eigenvalue weighted by Crippen LogP contribution is -2.63. The van der Waals surface area contributed by atoms with E-state index in [2.05, 4.69) is 0 Å². The maximum atomic E-state index is 12.8. The quantitative estimate of drug-likeness (QED) is 0.269. The second-order valence-electron chi connectivity index (χ2n) is 10.3. The van der Waals surface area contributed by atoms with Gasteiger partial charge in [0.25, 0.3) is 0 Å². The number of benzene rings is 2. The number of piperazine rings is 2. The molecule has 0 radical (unpaired) electrons. The van der Waals surface area contributed by atoms with E-state index < -0.39 is 61.5 Å². The fraction of sp³-hybridized carbons (Fsp3) is 0.400. The molecule has 0 spiro atoms. The first kappa shape index (κ1) is 32.1. The maximum Gasteiger partial charge on any atom is 0.510 e. The molecule has 4 rings (SSSR count). The van der Waals surface area contributed by atoms with Crippen LogP contribution in [0.25, 0.3) is 0 Å². The summed E-state index contributed by atoms with van der Waals surface area (Å²) in [5.41, 5.74) is 1.51. The lowest BCUT2D eigenvalue weighted by Gasteiger charge is -2.43. The van der Waals surface area contributed by atoms with Crippen molar-refractivity contribution >= 4 is 35.9 Å². The van der Waals surface area contributed by atoms with Gasteiger partial charge in [0.1, 0.15) is 13.2 Å². The fourth-order valence-electron chi connectivity index (χ4n) is 4.65. The molecule has 14 nitrogen and oxygen atoms in total. The molecule has 2 aliphatic heterocycles. The van der Waals surface area contributed by atoms with Gasteiger partial charge in [-0.05, 0) is 25.0 Å². The highest BCUT2D eigenvalue weighted by molar-refractivity contribution is 6.00.